The lowest BCUT2D eigenvalue weighted by atomic mass is 10.0. The number of thiazole rings is 1. The molecule has 1 unspecified atom stereocenters. The Kier molecular flexibility index (Phi) is 9.77. The average molecular weight is 691 g/mol. The summed E-state index contributed by atoms with van der Waals surface area (Å²) in [5.74, 6) is -2.16. The number of oxime groups is 1. The average Bonchev–Trinajstić information content (AvgIpc) is 3.67. The van der Waals surface area contributed by atoms with Gasteiger partial charge in [0.1, 0.15) is 36.5 Å². The van der Waals surface area contributed by atoms with E-state index in [1.54, 1.807) is 7.05 Å². The van der Waals surface area contributed by atoms with Gasteiger partial charge in [0.2, 0.25) is 5.16 Å². The van der Waals surface area contributed by atoms with Gasteiger partial charge in [-0.15, -0.1) is 28.2 Å². The Hall–Kier alpha value is -5.09. The number of aryl methyl sites for hydroxylation is 1. The Labute approximate surface area is 270 Å². The summed E-state index contributed by atoms with van der Waals surface area (Å²) >= 11 is 3.49. The van der Waals surface area contributed by atoms with E-state index in [9.17, 15) is 34.4 Å². The summed E-state index contributed by atoms with van der Waals surface area (Å²) in [5, 5.41) is 41.9. The molecule has 1 fully saturated rings. The summed E-state index contributed by atoms with van der Waals surface area (Å²) < 4.78 is 6.56. The van der Waals surface area contributed by atoms with Crippen LogP contribution in [0.2, 0.25) is 0 Å². The normalized spacial score (nSPS) is 17.6. The number of aromatic nitrogens is 5. The maximum atomic E-state index is 13.2. The molecule has 1 aromatic carbocycles. The van der Waals surface area contributed by atoms with Crippen molar-refractivity contribution >= 4 is 75.3 Å². The first-order chi connectivity index (χ1) is 22.1. The van der Waals surface area contributed by atoms with Gasteiger partial charge in [-0.1, -0.05) is 16.9 Å². The zero-order valence-corrected chi connectivity index (χ0v) is 26.1. The van der Waals surface area contributed by atoms with Gasteiger partial charge in [0.25, 0.3) is 17.5 Å². The Morgan fingerprint density at radius 2 is 2.04 bits per heavy atom. The maximum absolute atomic E-state index is 13.2. The molecule has 2 aromatic heterocycles. The molecule has 0 spiro atoms. The van der Waals surface area contributed by atoms with E-state index in [2.05, 4.69) is 36.3 Å². The fourth-order valence-electron chi connectivity index (χ4n) is 4.22. The van der Waals surface area contributed by atoms with Gasteiger partial charge in [0, 0.05) is 36.1 Å². The highest BCUT2D eigenvalue weighted by Crippen LogP contribution is 2.41. The van der Waals surface area contributed by atoms with Gasteiger partial charge in [-0.3, -0.25) is 29.9 Å². The molecule has 0 bridgehead atoms. The molecule has 2 atom stereocenters. The number of tetrazole rings is 1. The number of thioether (sulfide) groups is 2. The number of benzene rings is 1. The molecule has 3 aromatic rings. The number of hydrogen-bond donors (Lipinski definition) is 3. The van der Waals surface area contributed by atoms with E-state index in [4.69, 9.17) is 9.57 Å². The molecule has 2 aliphatic rings. The zero-order valence-electron chi connectivity index (χ0n) is 23.7. The molecule has 0 saturated carbocycles. The van der Waals surface area contributed by atoms with E-state index < -0.39 is 40.2 Å². The van der Waals surface area contributed by atoms with Gasteiger partial charge in [0.05, 0.1) is 4.92 Å². The predicted molar refractivity (Wildman–Crippen MR) is 162 cm³/mol. The number of rotatable bonds is 12. The van der Waals surface area contributed by atoms with Gasteiger partial charge in [-0.05, 0) is 33.7 Å². The molecular weight excluding hydrogens is 669 g/mol. The second kappa shape index (κ2) is 13.9. The lowest BCUT2D eigenvalue weighted by Crippen LogP contribution is -2.71. The molecule has 0 aliphatic carbocycles. The number of nitrogens with one attached hydrogen (secondary N) is 2. The zero-order chi connectivity index (χ0) is 33.0. The molecule has 240 valence electrons. The summed E-state index contributed by atoms with van der Waals surface area (Å²) in [6.07, 6.45) is -0.864. The molecule has 3 amide bonds. The topological polar surface area (TPSA) is 246 Å². The number of carbonyl (C=O) groups excluding carboxylic acids is 3. The molecule has 0 radical (unpaired) electrons. The van der Waals surface area contributed by atoms with Crippen LogP contribution in [0.3, 0.4) is 0 Å². The third-order valence-corrected chi connectivity index (χ3v) is 9.56. The van der Waals surface area contributed by atoms with E-state index >= 15 is 0 Å². The Morgan fingerprint density at radius 1 is 1.28 bits per heavy atom. The lowest BCUT2D eigenvalue weighted by molar-refractivity contribution is -0.384. The second-order valence-corrected chi connectivity index (χ2v) is 12.2. The first-order valence-electron chi connectivity index (χ1n) is 12.9. The van der Waals surface area contributed by atoms with Crippen molar-refractivity contribution in [1.82, 2.24) is 35.4 Å². The number of carboxylic acid groups (broad SMARTS) is 1. The van der Waals surface area contributed by atoms with E-state index in [0.29, 0.717) is 22.0 Å². The van der Waals surface area contributed by atoms with Crippen molar-refractivity contribution in [3.05, 3.63) is 62.3 Å². The maximum Gasteiger partial charge on any atom is 0.413 e. The van der Waals surface area contributed by atoms with Crippen LogP contribution < -0.4 is 10.6 Å². The molecule has 22 heteroatoms. The van der Waals surface area contributed by atoms with Crippen LogP contribution >= 0.6 is 34.9 Å². The van der Waals surface area contributed by atoms with Crippen LogP contribution in [0.25, 0.3) is 0 Å². The van der Waals surface area contributed by atoms with Crippen molar-refractivity contribution in [2.24, 2.45) is 12.2 Å². The number of nitro benzene ring substituents is 1. The predicted octanol–water partition coefficient (Wildman–Crippen LogP) is 1.20. The fraction of sp³-hybridized carbons (Fsp3) is 0.292. The number of aliphatic carboxylic acids is 1. The van der Waals surface area contributed by atoms with Gasteiger partial charge >= 0.3 is 12.1 Å². The highest BCUT2D eigenvalue weighted by Gasteiger charge is 2.54. The molecule has 2 aliphatic heterocycles. The summed E-state index contributed by atoms with van der Waals surface area (Å²) in [5.41, 5.74) is 0.516. The minimum atomic E-state index is -1.27. The van der Waals surface area contributed by atoms with Crippen molar-refractivity contribution < 1.29 is 38.8 Å². The third-order valence-electron chi connectivity index (χ3n) is 6.36. The van der Waals surface area contributed by atoms with Crippen LogP contribution in [-0.4, -0.2) is 99.7 Å². The lowest BCUT2D eigenvalue weighted by Gasteiger charge is -2.49. The first kappa shape index (κ1) is 32.3. The number of carboxylic acids is 1. The van der Waals surface area contributed by atoms with Crippen LogP contribution in [0.4, 0.5) is 15.6 Å². The molecular formula is C24H22N10O9S3. The van der Waals surface area contributed by atoms with Gasteiger partial charge < -0.3 is 20.0 Å². The summed E-state index contributed by atoms with van der Waals surface area (Å²) in [4.78, 5) is 71.1. The molecule has 5 rings (SSSR count). The minimum Gasteiger partial charge on any atom is -0.477 e. The number of nitro groups is 1. The van der Waals surface area contributed by atoms with E-state index in [1.165, 1.54) is 65.0 Å². The summed E-state index contributed by atoms with van der Waals surface area (Å²) in [7, 11) is 2.86. The van der Waals surface area contributed by atoms with Crippen LogP contribution in [0.1, 0.15) is 11.3 Å². The summed E-state index contributed by atoms with van der Waals surface area (Å²) in [6, 6.07) is 4.43. The first-order valence-corrected chi connectivity index (χ1v) is 15.8. The number of carbonyl (C=O) groups is 4. The van der Waals surface area contributed by atoms with Crippen LogP contribution in [0.5, 0.6) is 0 Å². The number of non-ortho nitro benzene ring substituents is 1. The second-order valence-electron chi connectivity index (χ2n) is 9.28. The van der Waals surface area contributed by atoms with Gasteiger partial charge in [-0.25, -0.2) is 19.3 Å². The number of amides is 3. The van der Waals surface area contributed by atoms with E-state index in [-0.39, 0.29) is 40.3 Å². The van der Waals surface area contributed by atoms with Crippen LogP contribution in [-0.2, 0) is 37.6 Å². The Morgan fingerprint density at radius 3 is 2.70 bits per heavy atom. The number of fused-ring (bicyclic) bond motifs is 1. The van der Waals surface area contributed by atoms with E-state index in [0.717, 1.165) is 16.2 Å². The third kappa shape index (κ3) is 6.92. The Balaban J connectivity index is 1.19. The number of β-lactam (4-membered cyclic amide) rings is 1. The fourth-order valence-corrected chi connectivity index (χ4v) is 7.24. The van der Waals surface area contributed by atoms with Crippen molar-refractivity contribution in [2.75, 3.05) is 23.9 Å². The summed E-state index contributed by atoms with van der Waals surface area (Å²) in [6.45, 7) is -0.162. The molecule has 46 heavy (non-hydrogen) atoms. The number of hydrogen-bond acceptors (Lipinski definition) is 16. The van der Waals surface area contributed by atoms with Crippen molar-refractivity contribution in [2.45, 2.75) is 23.2 Å². The van der Waals surface area contributed by atoms with Gasteiger partial charge in [0.15, 0.2) is 10.8 Å². The number of nitrogens with zero attached hydrogens (tertiary/aromatic N) is 8. The quantitative estimate of drug-likeness (QED) is 0.0794. The molecule has 3 N–H and O–H groups in total. The van der Waals surface area contributed by atoms with Crippen molar-refractivity contribution in [1.29, 1.82) is 0 Å². The number of anilines is 1. The highest BCUT2D eigenvalue weighted by molar-refractivity contribution is 8.01. The standard InChI is InChI=1S/C24H22N10O9S3/c1-32-23(28-30-31-32)46-9-12-8-44-20-16(19(36)33(20)17(12)21(37)38)26-18(35)15(29-42-2)14-10-45-22(25-14)27-24(39)43-7-11-3-5-13(6-4-11)34(40)41/h3-6,10,16,20H,7-9H2,1-2H3,(H,26,35)(H,37,38)(H,25,27,39)/b29-15-/t16?,20-/m1/s1. The van der Waals surface area contributed by atoms with Crippen LogP contribution in [0, 0.1) is 10.1 Å². The molecule has 1 saturated heterocycles. The SMILES string of the molecule is CO/N=C(\C(=O)NC1C(=O)N2C(C(=O)O)=C(CSc3nnnn3C)CS[C@H]12)c1csc(NC(=O)OCc2ccc([N+](=O)[O-])cc2)n1. The smallest absolute Gasteiger partial charge is 0.413 e. The van der Waals surface area contributed by atoms with Crippen molar-refractivity contribution in [3.8, 4) is 0 Å². The van der Waals surface area contributed by atoms with E-state index in [1.807, 2.05) is 0 Å². The molecule has 19 nitrogen and oxygen atoms in total. The largest absolute Gasteiger partial charge is 0.477 e. The van der Waals surface area contributed by atoms with Gasteiger partial charge in [-0.2, -0.15) is 0 Å². The minimum absolute atomic E-state index is 0.0265. The van der Waals surface area contributed by atoms with Crippen molar-refractivity contribution in [3.63, 3.8) is 0 Å². The highest BCUT2D eigenvalue weighted by atomic mass is 32.2. The monoisotopic (exact) mass is 690 g/mol. The Bertz CT molecular complexity index is 1760. The van der Waals surface area contributed by atoms with Crippen LogP contribution in [0.15, 0.2) is 51.2 Å². The number of ether oxygens (including phenoxy) is 1. The molecule has 4 heterocycles.